The molecule has 1 aliphatic carbocycles. The van der Waals surface area contributed by atoms with Crippen molar-refractivity contribution in [2.24, 2.45) is 0 Å². The fraction of sp³-hybridized carbons (Fsp3) is 0.486. The van der Waals surface area contributed by atoms with Crippen LogP contribution in [0.25, 0.3) is 11.2 Å². The van der Waals surface area contributed by atoms with Crippen molar-refractivity contribution in [2.45, 2.75) is 75.3 Å². The minimum absolute atomic E-state index is 0. The van der Waals surface area contributed by atoms with Crippen LogP contribution >= 0.6 is 12.4 Å². The number of rotatable bonds is 10. The van der Waals surface area contributed by atoms with Gasteiger partial charge in [0.2, 0.25) is 11.9 Å². The van der Waals surface area contributed by atoms with Gasteiger partial charge in [0.15, 0.2) is 17.0 Å². The summed E-state index contributed by atoms with van der Waals surface area (Å²) in [5.41, 5.74) is 3.62. The molecule has 7 rings (SSSR count). The number of hydrogen-bond acceptors (Lipinski definition) is 9. The number of likely N-dealkylation sites (tertiary alicyclic amines) is 1. The molecule has 4 N–H and O–H groups in total. The summed E-state index contributed by atoms with van der Waals surface area (Å²) in [5, 5.41) is 28.5. The highest BCUT2D eigenvalue weighted by Crippen LogP contribution is 2.36. The second kappa shape index (κ2) is 14.6. The van der Waals surface area contributed by atoms with Gasteiger partial charge in [-0.2, -0.15) is 9.97 Å². The number of hydrogen-bond donors (Lipinski definition) is 4. The molecular formula is C35H45ClN8O3. The fourth-order valence-corrected chi connectivity index (χ4v) is 7.47. The summed E-state index contributed by atoms with van der Waals surface area (Å²) in [6, 6.07) is 20.4. The van der Waals surface area contributed by atoms with Crippen LogP contribution in [0.3, 0.4) is 0 Å². The highest BCUT2D eigenvalue weighted by molar-refractivity contribution is 5.85. The van der Waals surface area contributed by atoms with Gasteiger partial charge in [0.25, 0.3) is 0 Å². The molecule has 2 aromatic carbocycles. The monoisotopic (exact) mass is 660 g/mol. The van der Waals surface area contributed by atoms with Crippen LogP contribution in [0.1, 0.15) is 62.1 Å². The van der Waals surface area contributed by atoms with Crippen molar-refractivity contribution in [1.82, 2.24) is 29.7 Å². The van der Waals surface area contributed by atoms with Gasteiger partial charge in [-0.3, -0.25) is 9.69 Å². The van der Waals surface area contributed by atoms with Gasteiger partial charge in [0, 0.05) is 38.0 Å². The van der Waals surface area contributed by atoms with E-state index in [-0.39, 0.29) is 24.2 Å². The van der Waals surface area contributed by atoms with Crippen molar-refractivity contribution in [2.75, 3.05) is 42.9 Å². The molecule has 250 valence electrons. The Bertz CT molecular complexity index is 1590. The number of amides is 1. The first-order valence-electron chi connectivity index (χ1n) is 16.7. The molecule has 0 radical (unpaired) electrons. The van der Waals surface area contributed by atoms with E-state index in [1.54, 1.807) is 13.3 Å². The van der Waals surface area contributed by atoms with E-state index in [0.717, 1.165) is 32.6 Å². The smallest absolute Gasteiger partial charge is 0.229 e. The number of imidazole rings is 1. The second-order valence-electron chi connectivity index (χ2n) is 12.9. The summed E-state index contributed by atoms with van der Waals surface area (Å²) in [6.45, 7) is 6.40. The van der Waals surface area contributed by atoms with Crippen LogP contribution < -0.4 is 15.5 Å². The largest absolute Gasteiger partial charge is 0.388 e. The maximum absolute atomic E-state index is 12.2. The molecule has 1 saturated carbocycles. The molecule has 2 saturated heterocycles. The first-order chi connectivity index (χ1) is 22.5. The van der Waals surface area contributed by atoms with Crippen molar-refractivity contribution in [3.63, 3.8) is 0 Å². The van der Waals surface area contributed by atoms with Crippen LogP contribution in [0, 0.1) is 0 Å². The molecule has 2 aliphatic heterocycles. The first-order valence-corrected chi connectivity index (χ1v) is 16.7. The number of nitrogens with one attached hydrogen (secondary N) is 2. The number of aliphatic hydroxyl groups is 2. The maximum Gasteiger partial charge on any atom is 0.229 e. The number of carbonyl (C=O) groups is 1. The lowest BCUT2D eigenvalue weighted by atomic mass is 9.91. The molecule has 0 bridgehead atoms. The Morgan fingerprint density at radius 1 is 0.957 bits per heavy atom. The molecule has 47 heavy (non-hydrogen) atoms. The number of aromatic nitrogens is 4. The van der Waals surface area contributed by atoms with Crippen LogP contribution in [0.15, 0.2) is 67.0 Å². The van der Waals surface area contributed by atoms with E-state index in [9.17, 15) is 15.0 Å². The fourth-order valence-electron chi connectivity index (χ4n) is 7.47. The van der Waals surface area contributed by atoms with E-state index < -0.39 is 24.3 Å². The van der Waals surface area contributed by atoms with E-state index >= 15 is 0 Å². The van der Waals surface area contributed by atoms with Gasteiger partial charge < -0.3 is 30.3 Å². The molecule has 2 aromatic heterocycles. The number of aliphatic hydroxyl groups excluding tert-OH is 2. The number of halogens is 1. The van der Waals surface area contributed by atoms with Gasteiger partial charge in [0.05, 0.1) is 18.4 Å². The van der Waals surface area contributed by atoms with Crippen LogP contribution in [0.4, 0.5) is 11.8 Å². The SMILES string of the molecule is CCC(=O)N[C@H]1C[C@@H](n2cnc3c(NCC(c4ccccc4)c4ccccc4)nc(N4CC[C@@H](N5CCCC5)C4)nc32)[C@H](O)[C@@H]1O.Cl. The number of carbonyl (C=O) groups excluding carboxylic acids is 1. The van der Waals surface area contributed by atoms with E-state index in [0.29, 0.717) is 48.4 Å². The first kappa shape index (κ1) is 33.1. The molecule has 11 nitrogen and oxygen atoms in total. The summed E-state index contributed by atoms with van der Waals surface area (Å²) in [7, 11) is 0. The molecular weight excluding hydrogens is 616 g/mol. The Kier molecular flexibility index (Phi) is 10.3. The van der Waals surface area contributed by atoms with Gasteiger partial charge in [-0.1, -0.05) is 67.6 Å². The Morgan fingerprint density at radius 2 is 1.64 bits per heavy atom. The van der Waals surface area contributed by atoms with Crippen molar-refractivity contribution >= 4 is 41.2 Å². The van der Waals surface area contributed by atoms with Crippen LogP contribution in [-0.2, 0) is 4.79 Å². The Labute approximate surface area is 281 Å². The Balaban J connectivity index is 0.00000386. The predicted octanol–water partition coefficient (Wildman–Crippen LogP) is 3.73. The molecule has 5 atom stereocenters. The van der Waals surface area contributed by atoms with E-state index in [4.69, 9.17) is 15.0 Å². The van der Waals surface area contributed by atoms with Gasteiger partial charge >= 0.3 is 0 Å². The lowest BCUT2D eigenvalue weighted by Gasteiger charge is -2.24. The molecule has 4 aromatic rings. The van der Waals surface area contributed by atoms with Crippen molar-refractivity contribution in [1.29, 1.82) is 0 Å². The molecule has 4 heterocycles. The summed E-state index contributed by atoms with van der Waals surface area (Å²) in [6.07, 6.45) is 3.77. The highest BCUT2D eigenvalue weighted by Gasteiger charge is 2.44. The third-order valence-corrected chi connectivity index (χ3v) is 10.1. The maximum atomic E-state index is 12.2. The number of benzene rings is 2. The van der Waals surface area contributed by atoms with E-state index in [2.05, 4.69) is 69.0 Å². The summed E-state index contributed by atoms with van der Waals surface area (Å²) < 4.78 is 1.86. The third kappa shape index (κ3) is 6.80. The molecule has 3 aliphatic rings. The quantitative estimate of drug-likeness (QED) is 0.201. The van der Waals surface area contributed by atoms with Gasteiger partial charge in [-0.15, -0.1) is 12.4 Å². The minimum atomic E-state index is -1.09. The zero-order valence-corrected chi connectivity index (χ0v) is 27.6. The average molecular weight is 661 g/mol. The number of nitrogens with zero attached hydrogens (tertiary/aromatic N) is 6. The topological polar surface area (TPSA) is 132 Å². The number of fused-ring (bicyclic) bond motifs is 1. The van der Waals surface area contributed by atoms with Crippen molar-refractivity contribution < 1.29 is 15.0 Å². The summed E-state index contributed by atoms with van der Waals surface area (Å²) >= 11 is 0. The highest BCUT2D eigenvalue weighted by atomic mass is 35.5. The molecule has 12 heteroatoms. The van der Waals surface area contributed by atoms with E-state index in [1.807, 2.05) is 16.7 Å². The van der Waals surface area contributed by atoms with Crippen molar-refractivity contribution in [3.05, 3.63) is 78.1 Å². The Hall–Kier alpha value is -3.77. The van der Waals surface area contributed by atoms with Crippen LogP contribution in [-0.4, -0.2) is 97.6 Å². The lowest BCUT2D eigenvalue weighted by molar-refractivity contribution is -0.122. The number of anilines is 2. The lowest BCUT2D eigenvalue weighted by Crippen LogP contribution is -2.42. The van der Waals surface area contributed by atoms with Gasteiger partial charge in [-0.05, 0) is 49.9 Å². The van der Waals surface area contributed by atoms with Gasteiger partial charge in [0.1, 0.15) is 12.2 Å². The minimum Gasteiger partial charge on any atom is -0.388 e. The summed E-state index contributed by atoms with van der Waals surface area (Å²) in [4.78, 5) is 31.9. The van der Waals surface area contributed by atoms with Crippen LogP contribution in [0.2, 0.25) is 0 Å². The molecule has 0 unspecified atom stereocenters. The Morgan fingerprint density at radius 3 is 2.30 bits per heavy atom. The second-order valence-corrected chi connectivity index (χ2v) is 12.9. The predicted molar refractivity (Wildman–Crippen MR) is 185 cm³/mol. The van der Waals surface area contributed by atoms with Gasteiger partial charge in [-0.25, -0.2) is 4.98 Å². The average Bonchev–Trinajstić information content (AvgIpc) is 3.91. The molecule has 0 spiro atoms. The molecule has 1 amide bonds. The zero-order valence-electron chi connectivity index (χ0n) is 26.8. The van der Waals surface area contributed by atoms with Crippen LogP contribution in [0.5, 0.6) is 0 Å². The zero-order chi connectivity index (χ0) is 31.6. The summed E-state index contributed by atoms with van der Waals surface area (Å²) in [5.74, 6) is 1.21. The normalized spacial score (nSPS) is 24.6. The third-order valence-electron chi connectivity index (χ3n) is 10.1. The van der Waals surface area contributed by atoms with E-state index in [1.165, 1.54) is 24.0 Å². The standard InChI is InChI=1S/C35H44N8O3.ClH/c1-2-29(44)38-27-19-28(32(46)31(27)45)43-22-37-30-33(36-20-26(23-11-5-3-6-12-23)24-13-7-4-8-14-24)39-35(40-34(30)43)42-18-15-25(21-42)41-16-9-10-17-41;/h3-8,11-14,22,25-28,31-32,45-46H,2,9-10,15-21H2,1H3,(H,38,44)(H,36,39,40);1H/t25-,27+,28-,31-,32+;/m1./s1. The van der Waals surface area contributed by atoms with Crippen molar-refractivity contribution in [3.8, 4) is 0 Å². The molecule has 3 fully saturated rings.